The second kappa shape index (κ2) is 5.95. The average Bonchev–Trinajstić information content (AvgIpc) is 2.92. The fourth-order valence-corrected chi connectivity index (χ4v) is 2.92. The predicted molar refractivity (Wildman–Crippen MR) is 74.8 cm³/mol. The zero-order chi connectivity index (χ0) is 17.3. The lowest BCUT2D eigenvalue weighted by atomic mass is 9.93. The van der Waals surface area contributed by atoms with E-state index in [4.69, 9.17) is 0 Å². The lowest BCUT2D eigenvalue weighted by Crippen LogP contribution is -2.51. The summed E-state index contributed by atoms with van der Waals surface area (Å²) in [4.78, 5) is 3.57. The van der Waals surface area contributed by atoms with Gasteiger partial charge in [0, 0.05) is 13.2 Å². The van der Waals surface area contributed by atoms with Gasteiger partial charge in [0.05, 0.1) is 12.9 Å². The monoisotopic (exact) mass is 349 g/mol. The summed E-state index contributed by atoms with van der Waals surface area (Å²) in [5, 5.41) is 9.62. The van der Waals surface area contributed by atoms with Crippen molar-refractivity contribution in [1.82, 2.24) is 14.3 Å². The Morgan fingerprint density at radius 2 is 1.87 bits per heavy atom. The first-order chi connectivity index (χ1) is 10.6. The summed E-state index contributed by atoms with van der Waals surface area (Å²) < 4.78 is 66.9. The van der Waals surface area contributed by atoms with Crippen LogP contribution in [0.5, 0.6) is 0 Å². The summed E-state index contributed by atoms with van der Waals surface area (Å²) in [6, 6.07) is 6.27. The standard InChI is InChI=1S/C13H14F3N3O3S/c1-19-7-11(17-9-19)23(21,22)18-8-12(20,13(14,15)16)10-5-3-2-4-6-10/h2-7,9,18,20H,8H2,1H3/t12-/m0/s1. The molecule has 126 valence electrons. The Hall–Kier alpha value is -1.91. The number of hydrogen-bond donors (Lipinski definition) is 2. The average molecular weight is 349 g/mol. The zero-order valence-electron chi connectivity index (χ0n) is 11.9. The van der Waals surface area contributed by atoms with Gasteiger partial charge in [0.2, 0.25) is 0 Å². The summed E-state index contributed by atoms with van der Waals surface area (Å²) in [5.41, 5.74) is -3.81. The third kappa shape index (κ3) is 3.54. The first-order valence-electron chi connectivity index (χ1n) is 6.38. The van der Waals surface area contributed by atoms with E-state index in [1.54, 1.807) is 4.72 Å². The maximum atomic E-state index is 13.3. The zero-order valence-corrected chi connectivity index (χ0v) is 12.8. The highest BCUT2D eigenvalue weighted by Crippen LogP contribution is 2.38. The molecule has 0 spiro atoms. The van der Waals surface area contributed by atoms with Crippen molar-refractivity contribution in [3.8, 4) is 0 Å². The van der Waals surface area contributed by atoms with Gasteiger partial charge in [0.1, 0.15) is 0 Å². The first-order valence-corrected chi connectivity index (χ1v) is 7.87. The number of aromatic nitrogens is 2. The van der Waals surface area contributed by atoms with Gasteiger partial charge in [-0.1, -0.05) is 30.3 Å². The molecule has 1 aromatic heterocycles. The van der Waals surface area contributed by atoms with E-state index in [-0.39, 0.29) is 0 Å². The maximum absolute atomic E-state index is 13.3. The highest BCUT2D eigenvalue weighted by molar-refractivity contribution is 7.89. The third-order valence-electron chi connectivity index (χ3n) is 3.19. The fourth-order valence-electron chi connectivity index (χ4n) is 1.88. The highest BCUT2D eigenvalue weighted by Gasteiger charge is 2.55. The van der Waals surface area contributed by atoms with Crippen LogP contribution < -0.4 is 4.72 Å². The van der Waals surface area contributed by atoms with Gasteiger partial charge in [0.25, 0.3) is 10.0 Å². The van der Waals surface area contributed by atoms with Crippen molar-refractivity contribution in [2.45, 2.75) is 16.8 Å². The molecule has 6 nitrogen and oxygen atoms in total. The molecule has 1 atom stereocenters. The van der Waals surface area contributed by atoms with Gasteiger partial charge in [-0.2, -0.15) is 13.2 Å². The minimum absolute atomic E-state index is 0.433. The second-order valence-corrected chi connectivity index (χ2v) is 6.64. The van der Waals surface area contributed by atoms with Crippen molar-refractivity contribution >= 4 is 10.0 Å². The predicted octanol–water partition coefficient (Wildman–Crippen LogP) is 1.15. The second-order valence-electron chi connectivity index (χ2n) is 4.93. The smallest absolute Gasteiger partial charge is 0.375 e. The Morgan fingerprint density at radius 1 is 1.26 bits per heavy atom. The van der Waals surface area contributed by atoms with Gasteiger partial charge in [-0.15, -0.1) is 0 Å². The Labute approximate surface area is 130 Å². The fraction of sp³-hybridized carbons (Fsp3) is 0.308. The largest absolute Gasteiger partial charge is 0.422 e. The van der Waals surface area contributed by atoms with Crippen molar-refractivity contribution in [3.05, 3.63) is 48.4 Å². The van der Waals surface area contributed by atoms with Crippen LogP contribution >= 0.6 is 0 Å². The van der Waals surface area contributed by atoms with Crippen LogP contribution in [0.1, 0.15) is 5.56 Å². The molecule has 0 amide bonds. The molecular weight excluding hydrogens is 335 g/mol. The van der Waals surface area contributed by atoms with Gasteiger partial charge in [-0.25, -0.2) is 18.1 Å². The number of benzene rings is 1. The van der Waals surface area contributed by atoms with E-state index in [0.29, 0.717) is 0 Å². The van der Waals surface area contributed by atoms with Crippen LogP contribution in [0.25, 0.3) is 0 Å². The summed E-state index contributed by atoms with van der Waals surface area (Å²) in [6.07, 6.45) is -2.74. The topological polar surface area (TPSA) is 84.2 Å². The van der Waals surface area contributed by atoms with Crippen LogP contribution in [0.3, 0.4) is 0 Å². The van der Waals surface area contributed by atoms with E-state index in [2.05, 4.69) is 4.98 Å². The molecule has 0 saturated carbocycles. The van der Waals surface area contributed by atoms with E-state index in [0.717, 1.165) is 18.3 Å². The van der Waals surface area contributed by atoms with E-state index < -0.39 is 38.9 Å². The molecule has 0 saturated heterocycles. The summed E-state index contributed by atoms with van der Waals surface area (Å²) >= 11 is 0. The molecule has 0 fully saturated rings. The van der Waals surface area contributed by atoms with Crippen LogP contribution in [0.2, 0.25) is 0 Å². The van der Waals surface area contributed by atoms with Gasteiger partial charge in [0.15, 0.2) is 10.6 Å². The third-order valence-corrected chi connectivity index (χ3v) is 4.48. The van der Waals surface area contributed by atoms with Crippen molar-refractivity contribution in [3.63, 3.8) is 0 Å². The minimum atomic E-state index is -5.07. The molecule has 0 unspecified atom stereocenters. The quantitative estimate of drug-likeness (QED) is 0.848. The van der Waals surface area contributed by atoms with Crippen molar-refractivity contribution in [2.75, 3.05) is 6.54 Å². The van der Waals surface area contributed by atoms with Gasteiger partial charge in [-0.3, -0.25) is 0 Å². The van der Waals surface area contributed by atoms with E-state index >= 15 is 0 Å². The molecule has 0 radical (unpaired) electrons. The number of hydrogen-bond acceptors (Lipinski definition) is 4. The molecule has 0 bridgehead atoms. The first kappa shape index (κ1) is 17.4. The van der Waals surface area contributed by atoms with E-state index in [1.165, 1.54) is 36.1 Å². The van der Waals surface area contributed by atoms with Crippen molar-refractivity contribution in [1.29, 1.82) is 0 Å². The van der Waals surface area contributed by atoms with Crippen LogP contribution in [0.15, 0.2) is 47.9 Å². The van der Waals surface area contributed by atoms with Crippen LogP contribution in [0.4, 0.5) is 13.2 Å². The lowest BCUT2D eigenvalue weighted by molar-refractivity contribution is -0.263. The van der Waals surface area contributed by atoms with E-state index in [1.807, 2.05) is 0 Å². The molecule has 0 aliphatic carbocycles. The minimum Gasteiger partial charge on any atom is -0.375 e. The Kier molecular flexibility index (Phi) is 4.51. The molecule has 0 aliphatic rings. The summed E-state index contributed by atoms with van der Waals surface area (Å²) in [5.74, 6) is 0. The van der Waals surface area contributed by atoms with Gasteiger partial charge >= 0.3 is 6.18 Å². The summed E-state index contributed by atoms with van der Waals surface area (Å²) in [7, 11) is -2.77. The number of alkyl halides is 3. The number of nitrogens with one attached hydrogen (secondary N) is 1. The molecule has 2 N–H and O–H groups in total. The highest BCUT2D eigenvalue weighted by atomic mass is 32.2. The molecule has 1 aromatic carbocycles. The SMILES string of the molecule is Cn1cnc(S(=O)(=O)NC[C@](O)(c2ccccc2)C(F)(F)F)c1. The summed E-state index contributed by atoms with van der Waals surface area (Å²) in [6.45, 7) is -1.26. The molecule has 2 aromatic rings. The van der Waals surface area contributed by atoms with E-state index in [9.17, 15) is 26.7 Å². The number of rotatable bonds is 5. The molecule has 1 heterocycles. The number of aliphatic hydroxyl groups is 1. The molecule has 23 heavy (non-hydrogen) atoms. The number of sulfonamides is 1. The number of halogens is 3. The number of imidazole rings is 1. The Bertz CT molecular complexity index is 775. The van der Waals surface area contributed by atoms with Crippen LogP contribution in [-0.4, -0.2) is 35.8 Å². The van der Waals surface area contributed by atoms with Crippen LogP contribution in [0, 0.1) is 0 Å². The van der Waals surface area contributed by atoms with Gasteiger partial charge in [-0.05, 0) is 5.56 Å². The number of aryl methyl sites for hydroxylation is 1. The molecule has 10 heteroatoms. The lowest BCUT2D eigenvalue weighted by Gasteiger charge is -2.30. The molecule has 2 rings (SSSR count). The Morgan fingerprint density at radius 3 is 2.35 bits per heavy atom. The van der Waals surface area contributed by atoms with Crippen molar-refractivity contribution in [2.24, 2.45) is 7.05 Å². The molecular formula is C13H14F3N3O3S. The molecule has 0 aliphatic heterocycles. The maximum Gasteiger partial charge on any atom is 0.422 e. The number of nitrogens with zero attached hydrogens (tertiary/aromatic N) is 2. The normalized spacial score (nSPS) is 15.3. The van der Waals surface area contributed by atoms with Crippen LogP contribution in [-0.2, 0) is 22.7 Å². The van der Waals surface area contributed by atoms with Crippen molar-refractivity contribution < 1.29 is 26.7 Å². The van der Waals surface area contributed by atoms with Gasteiger partial charge < -0.3 is 9.67 Å². The Balaban J connectivity index is 2.30.